The Hall–Kier alpha value is -4.24. The minimum atomic E-state index is -0.199. The van der Waals surface area contributed by atoms with Gasteiger partial charge in [-0.05, 0) is 23.8 Å². The maximum Gasteiger partial charge on any atom is 0.277 e. The molecule has 0 unspecified atom stereocenters. The monoisotopic (exact) mass is 469 g/mol. The first kappa shape index (κ1) is 21.6. The molecule has 0 aliphatic heterocycles. The van der Waals surface area contributed by atoms with Gasteiger partial charge in [0.25, 0.3) is 16.7 Å². The molecule has 0 atom stereocenters. The Labute approximate surface area is 198 Å². The SMILES string of the molecule is O=C(CSc1nnc(-c2nn(Cc3ccccc3)c(=O)c3ccccc23)o1)Nc1ccccc1. The molecule has 0 aliphatic rings. The van der Waals surface area contributed by atoms with Crippen molar-refractivity contribution in [1.29, 1.82) is 0 Å². The Bertz CT molecular complexity index is 1500. The van der Waals surface area contributed by atoms with E-state index in [1.165, 1.54) is 4.68 Å². The van der Waals surface area contributed by atoms with E-state index in [0.717, 1.165) is 23.0 Å². The molecule has 0 saturated heterocycles. The Morgan fingerprint density at radius 3 is 2.32 bits per heavy atom. The summed E-state index contributed by atoms with van der Waals surface area (Å²) in [5.74, 6) is 0.109. The van der Waals surface area contributed by atoms with Gasteiger partial charge in [-0.3, -0.25) is 9.59 Å². The first-order valence-electron chi connectivity index (χ1n) is 10.5. The number of nitrogens with one attached hydrogen (secondary N) is 1. The zero-order chi connectivity index (χ0) is 23.3. The third-order valence-electron chi connectivity index (χ3n) is 5.04. The van der Waals surface area contributed by atoms with Crippen molar-refractivity contribution in [3.8, 4) is 11.6 Å². The van der Waals surface area contributed by atoms with Gasteiger partial charge < -0.3 is 9.73 Å². The molecule has 0 saturated carbocycles. The number of aromatic nitrogens is 4. The van der Waals surface area contributed by atoms with E-state index < -0.39 is 0 Å². The predicted molar refractivity (Wildman–Crippen MR) is 131 cm³/mol. The highest BCUT2D eigenvalue weighted by atomic mass is 32.2. The minimum Gasteiger partial charge on any atom is -0.409 e. The van der Waals surface area contributed by atoms with Gasteiger partial charge in [0.1, 0.15) is 0 Å². The lowest BCUT2D eigenvalue weighted by molar-refractivity contribution is -0.113. The van der Waals surface area contributed by atoms with Crippen LogP contribution in [0.25, 0.3) is 22.4 Å². The quantitative estimate of drug-likeness (QED) is 0.356. The van der Waals surface area contributed by atoms with Crippen molar-refractivity contribution in [2.24, 2.45) is 0 Å². The topological polar surface area (TPSA) is 103 Å². The van der Waals surface area contributed by atoms with Crippen LogP contribution < -0.4 is 10.9 Å². The number of carbonyl (C=O) groups is 1. The summed E-state index contributed by atoms with van der Waals surface area (Å²) >= 11 is 1.13. The van der Waals surface area contributed by atoms with Gasteiger partial charge in [-0.15, -0.1) is 10.2 Å². The van der Waals surface area contributed by atoms with Gasteiger partial charge in [-0.1, -0.05) is 78.5 Å². The van der Waals surface area contributed by atoms with E-state index in [1.54, 1.807) is 18.2 Å². The highest BCUT2D eigenvalue weighted by Crippen LogP contribution is 2.26. The summed E-state index contributed by atoms with van der Waals surface area (Å²) in [5, 5.41) is 16.9. The minimum absolute atomic E-state index is 0.109. The second-order valence-electron chi connectivity index (χ2n) is 7.42. The molecule has 5 rings (SSSR count). The van der Waals surface area contributed by atoms with Gasteiger partial charge in [0.2, 0.25) is 5.91 Å². The van der Waals surface area contributed by atoms with Crippen LogP contribution in [-0.2, 0) is 11.3 Å². The lowest BCUT2D eigenvalue weighted by atomic mass is 10.1. The van der Waals surface area contributed by atoms with Crippen LogP contribution in [0.15, 0.2) is 99.4 Å². The third-order valence-corrected chi connectivity index (χ3v) is 5.85. The summed E-state index contributed by atoms with van der Waals surface area (Å²) in [6.45, 7) is 0.312. The van der Waals surface area contributed by atoms with Gasteiger partial charge in [-0.2, -0.15) is 5.10 Å². The van der Waals surface area contributed by atoms with E-state index in [4.69, 9.17) is 4.42 Å². The van der Waals surface area contributed by atoms with Gasteiger partial charge in [-0.25, -0.2) is 4.68 Å². The number of fused-ring (bicyclic) bond motifs is 1. The summed E-state index contributed by atoms with van der Waals surface area (Å²) in [6, 6.07) is 26.0. The molecule has 0 radical (unpaired) electrons. The van der Waals surface area contributed by atoms with Crippen molar-refractivity contribution < 1.29 is 9.21 Å². The maximum absolute atomic E-state index is 13.0. The average Bonchev–Trinajstić information content (AvgIpc) is 3.35. The number of anilines is 1. The average molecular weight is 470 g/mol. The van der Waals surface area contributed by atoms with Crippen molar-refractivity contribution in [3.05, 3.63) is 101 Å². The summed E-state index contributed by atoms with van der Waals surface area (Å²) in [4.78, 5) is 25.3. The van der Waals surface area contributed by atoms with Gasteiger partial charge in [0, 0.05) is 11.1 Å². The Kier molecular flexibility index (Phi) is 6.17. The van der Waals surface area contributed by atoms with Crippen LogP contribution in [0.2, 0.25) is 0 Å². The molecule has 34 heavy (non-hydrogen) atoms. The number of carbonyl (C=O) groups excluding carboxylic acids is 1. The zero-order valence-electron chi connectivity index (χ0n) is 17.9. The molecule has 0 bridgehead atoms. The first-order valence-corrected chi connectivity index (χ1v) is 11.5. The number of hydrogen-bond donors (Lipinski definition) is 1. The highest BCUT2D eigenvalue weighted by Gasteiger charge is 2.18. The zero-order valence-corrected chi connectivity index (χ0v) is 18.7. The molecule has 1 amide bonds. The fraction of sp³-hybridized carbons (Fsp3) is 0.0800. The fourth-order valence-corrected chi connectivity index (χ4v) is 4.03. The van der Waals surface area contributed by atoms with Gasteiger partial charge in [0.15, 0.2) is 5.69 Å². The van der Waals surface area contributed by atoms with Crippen LogP contribution in [0.1, 0.15) is 5.56 Å². The highest BCUT2D eigenvalue weighted by molar-refractivity contribution is 7.99. The Morgan fingerprint density at radius 2 is 1.56 bits per heavy atom. The number of para-hydroxylation sites is 1. The predicted octanol–water partition coefficient (Wildman–Crippen LogP) is 4.23. The molecule has 8 nitrogen and oxygen atoms in total. The van der Waals surface area contributed by atoms with E-state index in [-0.39, 0.29) is 28.3 Å². The first-order chi connectivity index (χ1) is 16.7. The summed E-state index contributed by atoms with van der Waals surface area (Å²) in [7, 11) is 0. The molecule has 0 spiro atoms. The van der Waals surface area contributed by atoms with Crippen LogP contribution in [-0.4, -0.2) is 31.6 Å². The second-order valence-corrected chi connectivity index (χ2v) is 8.35. The third kappa shape index (κ3) is 4.74. The van der Waals surface area contributed by atoms with Crippen LogP contribution in [0, 0.1) is 0 Å². The molecule has 9 heteroatoms. The van der Waals surface area contributed by atoms with Crippen LogP contribution >= 0.6 is 11.8 Å². The number of rotatable bonds is 7. The summed E-state index contributed by atoms with van der Waals surface area (Å²) in [6.07, 6.45) is 0. The van der Waals surface area contributed by atoms with Crippen molar-refractivity contribution in [1.82, 2.24) is 20.0 Å². The molecule has 0 fully saturated rings. The molecular weight excluding hydrogens is 450 g/mol. The summed E-state index contributed by atoms with van der Waals surface area (Å²) < 4.78 is 7.21. The molecule has 5 aromatic rings. The van der Waals surface area contributed by atoms with Crippen molar-refractivity contribution in [2.75, 3.05) is 11.1 Å². The second kappa shape index (κ2) is 9.72. The summed E-state index contributed by atoms with van der Waals surface area (Å²) in [5.41, 5.74) is 1.88. The van der Waals surface area contributed by atoms with E-state index in [1.807, 2.05) is 66.7 Å². The van der Waals surface area contributed by atoms with E-state index in [2.05, 4.69) is 20.6 Å². The Morgan fingerprint density at radius 1 is 0.882 bits per heavy atom. The maximum atomic E-state index is 13.0. The molecule has 1 N–H and O–H groups in total. The van der Waals surface area contributed by atoms with Crippen molar-refractivity contribution in [2.45, 2.75) is 11.8 Å². The van der Waals surface area contributed by atoms with E-state index in [9.17, 15) is 9.59 Å². The molecule has 2 heterocycles. The number of amides is 1. The number of hydrogen-bond acceptors (Lipinski definition) is 7. The van der Waals surface area contributed by atoms with Crippen LogP contribution in [0.5, 0.6) is 0 Å². The number of thioether (sulfide) groups is 1. The van der Waals surface area contributed by atoms with E-state index in [0.29, 0.717) is 23.0 Å². The standard InChI is InChI=1S/C25H19N5O3S/c31-21(26-18-11-5-2-6-12-18)16-34-25-28-27-23(33-25)22-19-13-7-8-14-20(19)24(32)30(29-22)15-17-9-3-1-4-10-17/h1-14H,15-16H2,(H,26,31). The van der Waals surface area contributed by atoms with Crippen LogP contribution in [0.4, 0.5) is 5.69 Å². The molecule has 168 valence electrons. The smallest absolute Gasteiger partial charge is 0.277 e. The lowest BCUT2D eigenvalue weighted by Crippen LogP contribution is -2.24. The molecule has 0 aliphatic carbocycles. The van der Waals surface area contributed by atoms with Crippen LogP contribution in [0.3, 0.4) is 0 Å². The van der Waals surface area contributed by atoms with Crippen molar-refractivity contribution in [3.63, 3.8) is 0 Å². The van der Waals surface area contributed by atoms with Gasteiger partial charge in [0.05, 0.1) is 17.7 Å². The molecular formula is C25H19N5O3S. The normalized spacial score (nSPS) is 10.9. The van der Waals surface area contributed by atoms with Crippen molar-refractivity contribution >= 4 is 34.1 Å². The number of nitrogens with zero attached hydrogens (tertiary/aromatic N) is 4. The lowest BCUT2D eigenvalue weighted by Gasteiger charge is -2.09. The Balaban J connectivity index is 1.40. The molecule has 3 aromatic carbocycles. The largest absolute Gasteiger partial charge is 0.409 e. The number of benzene rings is 3. The van der Waals surface area contributed by atoms with E-state index >= 15 is 0 Å². The molecule has 2 aromatic heterocycles. The van der Waals surface area contributed by atoms with Gasteiger partial charge >= 0.3 is 0 Å². The fourth-order valence-electron chi connectivity index (χ4n) is 3.47.